The van der Waals surface area contributed by atoms with Crippen molar-refractivity contribution in [1.29, 1.82) is 0 Å². The van der Waals surface area contributed by atoms with Crippen LogP contribution in [0.5, 0.6) is 0 Å². The summed E-state index contributed by atoms with van der Waals surface area (Å²) in [5.41, 5.74) is -0.0906. The van der Waals surface area contributed by atoms with E-state index in [0.29, 0.717) is 29.4 Å². The van der Waals surface area contributed by atoms with Crippen molar-refractivity contribution in [2.24, 2.45) is 10.9 Å². The number of aromatic nitrogens is 2. The van der Waals surface area contributed by atoms with E-state index in [-0.39, 0.29) is 16.7 Å². The molecule has 31 heavy (non-hydrogen) atoms. The zero-order valence-electron chi connectivity index (χ0n) is 16.8. The van der Waals surface area contributed by atoms with Crippen LogP contribution in [0.4, 0.5) is 19.0 Å². The van der Waals surface area contributed by atoms with Gasteiger partial charge in [0.05, 0.1) is 16.1 Å². The summed E-state index contributed by atoms with van der Waals surface area (Å²) in [6.07, 6.45) is -4.63. The Hall–Kier alpha value is -2.10. The second-order valence-corrected chi connectivity index (χ2v) is 8.62. The second-order valence-electron chi connectivity index (χ2n) is 7.81. The van der Waals surface area contributed by atoms with Gasteiger partial charge in [-0.25, -0.2) is 9.67 Å². The number of fused-ring (bicyclic) bond motifs is 1. The fraction of sp³-hybridized carbons (Fsp3) is 0.450. The van der Waals surface area contributed by atoms with E-state index in [1.54, 1.807) is 30.0 Å². The van der Waals surface area contributed by atoms with Crippen LogP contribution in [0.25, 0.3) is 0 Å². The SMILES string of the molecule is CC1=Nc2cc(C(F)(F)F)nn2C(c2ccc(Cl)c(Cl)c2)C1C(=O)N1CCN(C)CC1. The van der Waals surface area contributed by atoms with E-state index in [1.165, 1.54) is 4.68 Å². The first-order valence-electron chi connectivity index (χ1n) is 9.70. The van der Waals surface area contributed by atoms with Crippen molar-refractivity contribution in [3.8, 4) is 0 Å². The van der Waals surface area contributed by atoms with Gasteiger partial charge in [-0.15, -0.1) is 0 Å². The first-order chi connectivity index (χ1) is 14.6. The molecule has 6 nitrogen and oxygen atoms in total. The zero-order chi connectivity index (χ0) is 22.5. The average molecular weight is 474 g/mol. The van der Waals surface area contributed by atoms with Crippen molar-refractivity contribution >= 4 is 40.6 Å². The molecule has 166 valence electrons. The number of halogens is 5. The first kappa shape index (κ1) is 22.1. The molecule has 2 aliphatic heterocycles. The number of piperazine rings is 1. The number of benzene rings is 1. The molecule has 11 heteroatoms. The highest BCUT2D eigenvalue weighted by molar-refractivity contribution is 6.42. The summed E-state index contributed by atoms with van der Waals surface area (Å²) in [6.45, 7) is 4.17. The summed E-state index contributed by atoms with van der Waals surface area (Å²) in [5, 5.41) is 4.34. The van der Waals surface area contributed by atoms with Gasteiger partial charge in [0, 0.05) is 38.0 Å². The largest absolute Gasteiger partial charge is 0.435 e. The Bertz CT molecular complexity index is 1040. The fourth-order valence-electron chi connectivity index (χ4n) is 4.00. The third-order valence-corrected chi connectivity index (χ3v) is 6.43. The second kappa shape index (κ2) is 8.11. The molecule has 2 aliphatic rings. The lowest BCUT2D eigenvalue weighted by Crippen LogP contribution is -2.52. The minimum absolute atomic E-state index is 0.0447. The summed E-state index contributed by atoms with van der Waals surface area (Å²) in [6, 6.07) is 4.85. The standard InChI is InChI=1S/C20H20Cl2F3N5O/c1-11-17(19(31)29-7-5-28(2)6-8-29)18(12-3-4-13(21)14(22)9-12)30-16(26-11)10-15(27-30)20(23,24)25/h3-4,9-10,17-18H,5-8H2,1-2H3. The molecule has 1 amide bonds. The summed E-state index contributed by atoms with van der Waals surface area (Å²) in [7, 11) is 1.97. The molecule has 1 aromatic carbocycles. The fourth-order valence-corrected chi connectivity index (χ4v) is 4.31. The molecule has 0 aliphatic carbocycles. The third kappa shape index (κ3) is 4.18. The molecule has 2 aromatic rings. The molecule has 0 bridgehead atoms. The molecule has 1 saturated heterocycles. The van der Waals surface area contributed by atoms with Gasteiger partial charge >= 0.3 is 6.18 Å². The van der Waals surface area contributed by atoms with Gasteiger partial charge < -0.3 is 9.80 Å². The van der Waals surface area contributed by atoms with E-state index in [2.05, 4.69) is 15.0 Å². The van der Waals surface area contributed by atoms with Crippen LogP contribution in [0, 0.1) is 5.92 Å². The monoisotopic (exact) mass is 473 g/mol. The van der Waals surface area contributed by atoms with Gasteiger partial charge in [0.2, 0.25) is 5.91 Å². The van der Waals surface area contributed by atoms with Crippen LogP contribution in [0.15, 0.2) is 29.3 Å². The summed E-state index contributed by atoms with van der Waals surface area (Å²) in [4.78, 5) is 21.7. The summed E-state index contributed by atoms with van der Waals surface area (Å²) in [5.74, 6) is -0.961. The molecule has 3 heterocycles. The Balaban J connectivity index is 1.82. The van der Waals surface area contributed by atoms with Gasteiger partial charge in [-0.2, -0.15) is 18.3 Å². The number of aliphatic imine (C=N–C) groups is 1. The molecule has 1 fully saturated rings. The molecule has 4 rings (SSSR count). The van der Waals surface area contributed by atoms with Gasteiger partial charge in [0.25, 0.3) is 0 Å². The Morgan fingerprint density at radius 3 is 2.39 bits per heavy atom. The number of amides is 1. The normalized spacial score (nSPS) is 22.3. The van der Waals surface area contributed by atoms with Crippen molar-refractivity contribution in [3.63, 3.8) is 0 Å². The van der Waals surface area contributed by atoms with Crippen molar-refractivity contribution in [2.45, 2.75) is 19.1 Å². The minimum Gasteiger partial charge on any atom is -0.339 e. The van der Waals surface area contributed by atoms with Crippen LogP contribution in [0.3, 0.4) is 0 Å². The van der Waals surface area contributed by atoms with Crippen LogP contribution >= 0.6 is 23.2 Å². The average Bonchev–Trinajstić information content (AvgIpc) is 3.13. The Kier molecular flexibility index (Phi) is 5.78. The van der Waals surface area contributed by atoms with Crippen LogP contribution in [0.1, 0.15) is 24.2 Å². The highest BCUT2D eigenvalue weighted by atomic mass is 35.5. The van der Waals surface area contributed by atoms with Crippen LogP contribution < -0.4 is 0 Å². The zero-order valence-corrected chi connectivity index (χ0v) is 18.3. The maximum absolute atomic E-state index is 13.5. The number of carbonyl (C=O) groups is 1. The predicted molar refractivity (Wildman–Crippen MR) is 112 cm³/mol. The van der Waals surface area contributed by atoms with Crippen LogP contribution in [-0.2, 0) is 11.0 Å². The molecule has 2 unspecified atom stereocenters. The van der Waals surface area contributed by atoms with E-state index in [9.17, 15) is 18.0 Å². The minimum atomic E-state index is -4.63. The predicted octanol–water partition coefficient (Wildman–Crippen LogP) is 4.29. The highest BCUT2D eigenvalue weighted by Gasteiger charge is 2.43. The molecular weight excluding hydrogens is 454 g/mol. The number of nitrogens with zero attached hydrogens (tertiary/aromatic N) is 5. The number of rotatable bonds is 2. The van der Waals surface area contributed by atoms with Crippen LogP contribution in [-0.4, -0.2) is 64.4 Å². The first-order valence-corrected chi connectivity index (χ1v) is 10.5. The van der Waals surface area contributed by atoms with Gasteiger partial charge in [0.15, 0.2) is 11.5 Å². The van der Waals surface area contributed by atoms with Crippen molar-refractivity contribution in [1.82, 2.24) is 19.6 Å². The lowest BCUT2D eigenvalue weighted by Gasteiger charge is -2.38. The van der Waals surface area contributed by atoms with Crippen molar-refractivity contribution in [3.05, 3.63) is 45.6 Å². The molecule has 0 N–H and O–H groups in total. The maximum Gasteiger partial charge on any atom is 0.435 e. The molecule has 0 saturated carbocycles. The Labute approximate surface area is 187 Å². The van der Waals surface area contributed by atoms with E-state index >= 15 is 0 Å². The van der Waals surface area contributed by atoms with Gasteiger partial charge in [-0.05, 0) is 31.7 Å². The van der Waals surface area contributed by atoms with Gasteiger partial charge in [0.1, 0.15) is 5.92 Å². The molecular formula is C20H20Cl2F3N5O. The topological polar surface area (TPSA) is 53.7 Å². The molecule has 2 atom stereocenters. The highest BCUT2D eigenvalue weighted by Crippen LogP contribution is 2.41. The van der Waals surface area contributed by atoms with Crippen molar-refractivity contribution < 1.29 is 18.0 Å². The Morgan fingerprint density at radius 1 is 1.10 bits per heavy atom. The smallest absolute Gasteiger partial charge is 0.339 e. The number of carbonyl (C=O) groups excluding carboxylic acids is 1. The van der Waals surface area contributed by atoms with E-state index in [4.69, 9.17) is 23.2 Å². The maximum atomic E-state index is 13.5. The number of hydrogen-bond donors (Lipinski definition) is 0. The third-order valence-electron chi connectivity index (χ3n) is 5.69. The lowest BCUT2D eigenvalue weighted by molar-refractivity contribution is -0.141. The van der Waals surface area contributed by atoms with E-state index in [1.807, 2.05) is 7.05 Å². The van der Waals surface area contributed by atoms with Crippen LogP contribution in [0.2, 0.25) is 10.0 Å². The van der Waals surface area contributed by atoms with Crippen molar-refractivity contribution in [2.75, 3.05) is 33.2 Å². The molecule has 1 aromatic heterocycles. The molecule has 0 spiro atoms. The quantitative estimate of drug-likeness (QED) is 0.653. The molecule has 0 radical (unpaired) electrons. The van der Waals surface area contributed by atoms with Gasteiger partial charge in [-0.3, -0.25) is 4.79 Å². The summed E-state index contributed by atoms with van der Waals surface area (Å²) < 4.78 is 41.3. The lowest BCUT2D eigenvalue weighted by atomic mass is 9.87. The van der Waals surface area contributed by atoms with E-state index in [0.717, 1.165) is 19.2 Å². The number of hydrogen-bond acceptors (Lipinski definition) is 4. The Morgan fingerprint density at radius 2 is 1.77 bits per heavy atom. The van der Waals surface area contributed by atoms with Gasteiger partial charge in [-0.1, -0.05) is 29.3 Å². The van der Waals surface area contributed by atoms with E-state index < -0.39 is 23.8 Å². The number of alkyl halides is 3. The summed E-state index contributed by atoms with van der Waals surface area (Å²) >= 11 is 12.2. The number of likely N-dealkylation sites (N-methyl/N-ethyl adjacent to an activating group) is 1.